The van der Waals surface area contributed by atoms with E-state index in [2.05, 4.69) is 46.7 Å². The molecule has 18 heavy (non-hydrogen) atoms. The maximum absolute atomic E-state index is 5.77. The van der Waals surface area contributed by atoms with Crippen LogP contribution in [0.15, 0.2) is 42.6 Å². The van der Waals surface area contributed by atoms with Gasteiger partial charge in [0.1, 0.15) is 0 Å². The first-order valence-corrected chi connectivity index (χ1v) is 6.40. The molecule has 0 aliphatic carbocycles. The molecular formula is C14H16ClN3. The molecule has 0 aliphatic rings. The third-order valence-electron chi connectivity index (χ3n) is 2.90. The zero-order chi connectivity index (χ0) is 12.8. The minimum Gasteiger partial charge on any atom is -0.384 e. The minimum absolute atomic E-state index is 0.413. The summed E-state index contributed by atoms with van der Waals surface area (Å²) in [5.74, 6) is 0.531. The number of nitrogens with zero attached hydrogens (tertiary/aromatic N) is 2. The molecule has 1 heterocycles. The molecular weight excluding hydrogens is 246 g/mol. The average Bonchev–Trinajstić information content (AvgIpc) is 2.40. The molecule has 0 fully saturated rings. The first kappa shape index (κ1) is 12.8. The fourth-order valence-electron chi connectivity index (χ4n) is 1.82. The first-order valence-electron chi connectivity index (χ1n) is 6.03. The lowest BCUT2D eigenvalue weighted by molar-refractivity contribution is 0.705. The second-order valence-corrected chi connectivity index (χ2v) is 4.68. The Morgan fingerprint density at radius 2 is 2.06 bits per heavy atom. The molecule has 0 spiro atoms. The highest BCUT2D eigenvalue weighted by atomic mass is 35.5. The van der Waals surface area contributed by atoms with E-state index in [1.165, 1.54) is 5.56 Å². The molecule has 0 radical (unpaired) electrons. The summed E-state index contributed by atoms with van der Waals surface area (Å²) in [5.41, 5.74) is 2.28. The Morgan fingerprint density at radius 3 is 2.78 bits per heavy atom. The van der Waals surface area contributed by atoms with Crippen LogP contribution >= 0.6 is 11.6 Å². The lowest BCUT2D eigenvalue weighted by Crippen LogP contribution is -2.06. The van der Waals surface area contributed by atoms with Crippen molar-refractivity contribution in [2.45, 2.75) is 19.3 Å². The molecule has 2 rings (SSSR count). The third kappa shape index (κ3) is 3.70. The van der Waals surface area contributed by atoms with Crippen molar-refractivity contribution >= 4 is 17.3 Å². The molecule has 1 aromatic carbocycles. The van der Waals surface area contributed by atoms with Gasteiger partial charge in [-0.1, -0.05) is 48.9 Å². The van der Waals surface area contributed by atoms with Crippen LogP contribution in [0.4, 0.5) is 5.69 Å². The standard InChI is InChI=1S/C14H16ClN3/c1-11(12-5-3-2-4-6-12)7-8-16-13-9-14(15)18-17-10-13/h2-6,9-11H,7-8H2,1H3,(H,16,18). The van der Waals surface area contributed by atoms with Gasteiger partial charge < -0.3 is 5.32 Å². The summed E-state index contributed by atoms with van der Waals surface area (Å²) < 4.78 is 0. The highest BCUT2D eigenvalue weighted by Gasteiger charge is 2.04. The van der Waals surface area contributed by atoms with Crippen LogP contribution in [0.25, 0.3) is 0 Å². The summed E-state index contributed by atoms with van der Waals surface area (Å²) in [6.45, 7) is 3.12. The van der Waals surface area contributed by atoms with Gasteiger partial charge in [0.25, 0.3) is 0 Å². The minimum atomic E-state index is 0.413. The number of nitrogens with one attached hydrogen (secondary N) is 1. The second kappa shape index (κ2) is 6.36. The van der Waals surface area contributed by atoms with Crippen molar-refractivity contribution in [1.82, 2.24) is 10.2 Å². The lowest BCUT2D eigenvalue weighted by Gasteiger charge is -2.12. The van der Waals surface area contributed by atoms with Crippen molar-refractivity contribution in [1.29, 1.82) is 0 Å². The van der Waals surface area contributed by atoms with E-state index in [1.54, 1.807) is 12.3 Å². The van der Waals surface area contributed by atoms with E-state index in [0.29, 0.717) is 11.1 Å². The molecule has 0 saturated heterocycles. The third-order valence-corrected chi connectivity index (χ3v) is 3.08. The summed E-state index contributed by atoms with van der Waals surface area (Å²) in [7, 11) is 0. The smallest absolute Gasteiger partial charge is 0.153 e. The number of hydrogen-bond donors (Lipinski definition) is 1. The first-order chi connectivity index (χ1) is 8.75. The largest absolute Gasteiger partial charge is 0.384 e. The van der Waals surface area contributed by atoms with Gasteiger partial charge in [-0.15, -0.1) is 5.10 Å². The van der Waals surface area contributed by atoms with Crippen molar-refractivity contribution in [2.75, 3.05) is 11.9 Å². The van der Waals surface area contributed by atoms with E-state index in [0.717, 1.165) is 18.7 Å². The van der Waals surface area contributed by atoms with E-state index >= 15 is 0 Å². The number of benzene rings is 1. The molecule has 2 aromatic rings. The van der Waals surface area contributed by atoms with Crippen LogP contribution in [0.2, 0.25) is 5.15 Å². The average molecular weight is 262 g/mol. The molecule has 4 heteroatoms. The molecule has 0 bridgehead atoms. The zero-order valence-electron chi connectivity index (χ0n) is 10.3. The van der Waals surface area contributed by atoms with E-state index in [9.17, 15) is 0 Å². The van der Waals surface area contributed by atoms with Gasteiger partial charge in [-0.3, -0.25) is 0 Å². The predicted molar refractivity (Wildman–Crippen MR) is 75.0 cm³/mol. The number of hydrogen-bond acceptors (Lipinski definition) is 3. The SMILES string of the molecule is CC(CCNc1cnnc(Cl)c1)c1ccccc1. The zero-order valence-corrected chi connectivity index (χ0v) is 11.1. The maximum atomic E-state index is 5.77. The molecule has 3 nitrogen and oxygen atoms in total. The van der Waals surface area contributed by atoms with Crippen molar-refractivity contribution in [3.63, 3.8) is 0 Å². The van der Waals surface area contributed by atoms with Gasteiger partial charge in [0.15, 0.2) is 5.15 Å². The summed E-state index contributed by atoms with van der Waals surface area (Å²) in [6.07, 6.45) is 2.74. The lowest BCUT2D eigenvalue weighted by atomic mass is 9.98. The Labute approximate surface area is 112 Å². The number of aromatic nitrogens is 2. The van der Waals surface area contributed by atoms with Gasteiger partial charge in [-0.05, 0) is 17.9 Å². The Morgan fingerprint density at radius 1 is 1.28 bits per heavy atom. The van der Waals surface area contributed by atoms with Gasteiger partial charge in [0, 0.05) is 12.6 Å². The van der Waals surface area contributed by atoms with Crippen molar-refractivity contribution in [3.05, 3.63) is 53.3 Å². The second-order valence-electron chi connectivity index (χ2n) is 4.29. The van der Waals surface area contributed by atoms with Crippen molar-refractivity contribution in [2.24, 2.45) is 0 Å². The molecule has 0 saturated carbocycles. The molecule has 0 amide bonds. The Kier molecular flexibility index (Phi) is 4.53. The van der Waals surface area contributed by atoms with Crippen LogP contribution in [0.3, 0.4) is 0 Å². The molecule has 0 aliphatic heterocycles. The van der Waals surface area contributed by atoms with Crippen LogP contribution < -0.4 is 5.32 Å². The fourth-order valence-corrected chi connectivity index (χ4v) is 1.98. The highest BCUT2D eigenvalue weighted by Crippen LogP contribution is 2.18. The summed E-state index contributed by atoms with van der Waals surface area (Å²) >= 11 is 5.77. The summed E-state index contributed by atoms with van der Waals surface area (Å²) in [6, 6.07) is 12.3. The Balaban J connectivity index is 1.82. The molecule has 1 aromatic heterocycles. The van der Waals surface area contributed by atoms with Crippen molar-refractivity contribution in [3.8, 4) is 0 Å². The number of halogens is 1. The molecule has 94 valence electrons. The van der Waals surface area contributed by atoms with Gasteiger partial charge in [0.05, 0.1) is 11.9 Å². The monoisotopic (exact) mass is 261 g/mol. The van der Waals surface area contributed by atoms with Gasteiger partial charge in [-0.2, -0.15) is 5.10 Å². The Bertz CT molecular complexity index is 487. The van der Waals surface area contributed by atoms with E-state index < -0.39 is 0 Å². The molecule has 1 unspecified atom stereocenters. The highest BCUT2D eigenvalue weighted by molar-refractivity contribution is 6.29. The van der Waals surface area contributed by atoms with E-state index in [4.69, 9.17) is 11.6 Å². The normalized spacial score (nSPS) is 12.1. The maximum Gasteiger partial charge on any atom is 0.153 e. The fraction of sp³-hybridized carbons (Fsp3) is 0.286. The van der Waals surface area contributed by atoms with Gasteiger partial charge in [-0.25, -0.2) is 0 Å². The molecule has 1 atom stereocenters. The number of anilines is 1. The van der Waals surface area contributed by atoms with Crippen LogP contribution in [0.5, 0.6) is 0 Å². The van der Waals surface area contributed by atoms with Crippen LogP contribution in [-0.4, -0.2) is 16.7 Å². The summed E-state index contributed by atoms with van der Waals surface area (Å²) in [4.78, 5) is 0. The van der Waals surface area contributed by atoms with Crippen molar-refractivity contribution < 1.29 is 0 Å². The van der Waals surface area contributed by atoms with Crippen LogP contribution in [-0.2, 0) is 0 Å². The van der Waals surface area contributed by atoms with Gasteiger partial charge >= 0.3 is 0 Å². The number of rotatable bonds is 5. The quantitative estimate of drug-likeness (QED) is 0.891. The van der Waals surface area contributed by atoms with E-state index in [1.807, 2.05) is 6.07 Å². The van der Waals surface area contributed by atoms with Crippen LogP contribution in [0.1, 0.15) is 24.8 Å². The Hall–Kier alpha value is -1.61. The topological polar surface area (TPSA) is 37.8 Å². The van der Waals surface area contributed by atoms with Gasteiger partial charge in [0.2, 0.25) is 0 Å². The molecule has 1 N–H and O–H groups in total. The predicted octanol–water partition coefficient (Wildman–Crippen LogP) is 3.74. The summed E-state index contributed by atoms with van der Waals surface area (Å²) in [5, 5.41) is 11.2. The van der Waals surface area contributed by atoms with Crippen LogP contribution in [0, 0.1) is 0 Å². The van der Waals surface area contributed by atoms with E-state index in [-0.39, 0.29) is 0 Å².